The van der Waals surface area contributed by atoms with Crippen LogP contribution in [0.4, 0.5) is 0 Å². The van der Waals surface area contributed by atoms with Crippen LogP contribution >= 0.6 is 0 Å². The molecule has 0 aromatic heterocycles. The summed E-state index contributed by atoms with van der Waals surface area (Å²) in [4.78, 5) is 5.38. The predicted molar refractivity (Wildman–Crippen MR) is 131 cm³/mol. The molecule has 2 atom stereocenters. The Bertz CT molecular complexity index is 835. The van der Waals surface area contributed by atoms with Gasteiger partial charge in [-0.2, -0.15) is 0 Å². The summed E-state index contributed by atoms with van der Waals surface area (Å²) in [6.45, 7) is 0.743. The molecule has 0 spiro atoms. The molecule has 0 amide bonds. The van der Waals surface area contributed by atoms with Crippen LogP contribution < -0.4 is 0 Å². The first-order valence-corrected chi connectivity index (χ1v) is 21.0. The van der Waals surface area contributed by atoms with Crippen LogP contribution in [-0.4, -0.2) is 25.1 Å². The van der Waals surface area contributed by atoms with Crippen molar-refractivity contribution in [2.45, 2.75) is 43.6 Å². The average molecular weight is 487 g/mol. The van der Waals surface area contributed by atoms with E-state index in [1.807, 2.05) is 0 Å². The summed E-state index contributed by atoms with van der Waals surface area (Å²) in [5, 5.41) is 0. The van der Waals surface area contributed by atoms with E-state index in [1.54, 1.807) is 8.87 Å². The molecule has 3 aromatic rings. The Labute approximate surface area is 181 Å². The van der Waals surface area contributed by atoms with E-state index in [-0.39, 0.29) is 0 Å². The number of rotatable bonds is 7. The van der Waals surface area contributed by atoms with Gasteiger partial charge in [0.05, 0.1) is 0 Å². The van der Waals surface area contributed by atoms with Gasteiger partial charge in [0, 0.05) is 0 Å². The summed E-state index contributed by atoms with van der Waals surface area (Å²) in [7, 11) is 0. The van der Waals surface area contributed by atoms with Gasteiger partial charge >= 0.3 is 182 Å². The molecule has 0 unspecified atom stereocenters. The fourth-order valence-corrected chi connectivity index (χ4v) is 17.0. The summed E-state index contributed by atoms with van der Waals surface area (Å²) >= 11 is -1.91. The van der Waals surface area contributed by atoms with E-state index in [0.29, 0.717) is 0 Å². The van der Waals surface area contributed by atoms with Crippen molar-refractivity contribution in [1.29, 1.82) is 0 Å². The molecule has 0 saturated carbocycles. The fraction of sp³-hybridized carbons (Fsp3) is 0.333. The molecule has 0 bridgehead atoms. The molecule has 1 fully saturated rings. The molecule has 0 aliphatic carbocycles. The summed E-state index contributed by atoms with van der Waals surface area (Å²) in [6.07, 6.45) is 3.70. The van der Waals surface area contributed by atoms with E-state index < -0.39 is 18.4 Å². The molecule has 0 nitrogen and oxygen atoms in total. The monoisotopic (exact) mass is 488 g/mol. The van der Waals surface area contributed by atoms with Crippen molar-refractivity contribution in [2.75, 3.05) is 0 Å². The molecule has 148 valence electrons. The van der Waals surface area contributed by atoms with Crippen LogP contribution in [0.1, 0.15) is 16.7 Å². The Morgan fingerprint density at radius 3 is 1.59 bits per heavy atom. The van der Waals surface area contributed by atoms with Crippen LogP contribution in [0.25, 0.3) is 0 Å². The number of hydrogen-bond donors (Lipinski definition) is 0. The van der Waals surface area contributed by atoms with Crippen molar-refractivity contribution in [3.63, 3.8) is 0 Å². The zero-order valence-electron chi connectivity index (χ0n) is 17.9. The van der Waals surface area contributed by atoms with Crippen LogP contribution in [0.3, 0.4) is 0 Å². The van der Waals surface area contributed by atoms with Gasteiger partial charge in [-0.05, 0) is 0 Å². The second kappa shape index (κ2) is 9.56. The van der Waals surface area contributed by atoms with Crippen LogP contribution in [-0.2, 0) is 19.1 Å². The molecule has 1 aliphatic heterocycles. The van der Waals surface area contributed by atoms with E-state index in [9.17, 15) is 0 Å². The maximum absolute atomic E-state index is 2.69. The van der Waals surface area contributed by atoms with E-state index in [2.05, 4.69) is 101 Å². The Kier molecular flexibility index (Phi) is 6.85. The molecule has 4 rings (SSSR count). The molecular weight excluding hydrogens is 454 g/mol. The van der Waals surface area contributed by atoms with Gasteiger partial charge in [0.25, 0.3) is 0 Å². The third kappa shape index (κ3) is 5.78. The maximum atomic E-state index is 2.69. The van der Waals surface area contributed by atoms with Gasteiger partial charge in [0.1, 0.15) is 0 Å². The van der Waals surface area contributed by atoms with Crippen molar-refractivity contribution in [1.82, 2.24) is 0 Å². The van der Waals surface area contributed by atoms with Crippen molar-refractivity contribution in [3.8, 4) is 0 Å². The van der Waals surface area contributed by atoms with Gasteiger partial charge in [-0.15, -0.1) is 0 Å². The third-order valence-corrected chi connectivity index (χ3v) is 16.0. The zero-order chi connectivity index (χ0) is 20.1. The fourth-order valence-electron chi connectivity index (χ4n) is 5.65. The van der Waals surface area contributed by atoms with Gasteiger partial charge in [-0.25, -0.2) is 0 Å². The molecule has 2 heteroatoms. The number of benzene rings is 3. The first-order valence-electron chi connectivity index (χ1n) is 11.2. The summed E-state index contributed by atoms with van der Waals surface area (Å²) in [5.74, 6) is 1.72. The normalized spacial score (nSPS) is 20.5. The van der Waals surface area contributed by atoms with Gasteiger partial charge in [-0.1, -0.05) is 0 Å². The molecular formula is C27H33BSn. The Hall–Kier alpha value is -1.48. The van der Waals surface area contributed by atoms with Crippen molar-refractivity contribution >= 4 is 25.1 Å². The van der Waals surface area contributed by atoms with E-state index >= 15 is 0 Å². The number of hydrogen-bond acceptors (Lipinski definition) is 0. The molecule has 1 saturated heterocycles. The van der Waals surface area contributed by atoms with Crippen molar-refractivity contribution < 1.29 is 0 Å². The SMILES string of the molecule is [CH3][Sn]1([CH3])[CH2][C@H](Cc2ccccc2)[C@@H](B(Cc2ccccc2)Cc2ccccc2)[CH2]1. The van der Waals surface area contributed by atoms with Crippen molar-refractivity contribution in [3.05, 3.63) is 108 Å². The second-order valence-electron chi connectivity index (χ2n) is 9.83. The van der Waals surface area contributed by atoms with Crippen LogP contribution in [0.5, 0.6) is 0 Å². The second-order valence-corrected chi connectivity index (χ2v) is 24.5. The molecule has 1 aliphatic rings. The molecule has 0 N–H and O–H groups in total. The molecule has 29 heavy (non-hydrogen) atoms. The van der Waals surface area contributed by atoms with Gasteiger partial charge in [0.15, 0.2) is 0 Å². The van der Waals surface area contributed by atoms with Gasteiger partial charge < -0.3 is 0 Å². The Morgan fingerprint density at radius 2 is 1.10 bits per heavy atom. The summed E-state index contributed by atoms with van der Waals surface area (Å²) in [6, 6.07) is 33.6. The van der Waals surface area contributed by atoms with E-state index in [0.717, 1.165) is 18.4 Å². The van der Waals surface area contributed by atoms with Gasteiger partial charge in [0.2, 0.25) is 0 Å². The first-order chi connectivity index (χ1) is 14.1. The molecule has 1 heterocycles. The van der Waals surface area contributed by atoms with Crippen LogP contribution in [0.2, 0.25) is 24.6 Å². The zero-order valence-corrected chi connectivity index (χ0v) is 20.8. The minimum atomic E-state index is -1.91. The standard InChI is InChI=1S/C25H27B.2CH3.Sn/c1-21(18-23-12-6-3-7-13-23)22(2)26(19-24-14-8-4-9-15-24)20-25-16-10-5-11-17-25;;;/h3-17,21-22H,1-2,18-20H2;2*1H3;/t21-,22+;;;/m1.../s1. The summed E-state index contributed by atoms with van der Waals surface area (Å²) < 4.78 is 3.10. The molecule has 3 aromatic carbocycles. The van der Waals surface area contributed by atoms with Crippen LogP contribution in [0, 0.1) is 5.92 Å². The predicted octanol–water partition coefficient (Wildman–Crippen LogP) is 7.00. The topological polar surface area (TPSA) is 0 Å². The van der Waals surface area contributed by atoms with Gasteiger partial charge in [-0.3, -0.25) is 0 Å². The summed E-state index contributed by atoms with van der Waals surface area (Å²) in [5.41, 5.74) is 4.54. The van der Waals surface area contributed by atoms with Crippen LogP contribution in [0.15, 0.2) is 91.0 Å². The average Bonchev–Trinajstić information content (AvgIpc) is 3.04. The third-order valence-electron chi connectivity index (χ3n) is 6.84. The Morgan fingerprint density at radius 1 is 0.655 bits per heavy atom. The Balaban J connectivity index is 1.60. The minimum absolute atomic E-state index is 0.743. The molecule has 0 radical (unpaired) electrons. The van der Waals surface area contributed by atoms with E-state index in [1.165, 1.54) is 35.8 Å². The van der Waals surface area contributed by atoms with Crippen molar-refractivity contribution in [2.24, 2.45) is 5.92 Å². The first kappa shape index (κ1) is 20.8. The quantitative estimate of drug-likeness (QED) is 0.315. The van der Waals surface area contributed by atoms with E-state index in [4.69, 9.17) is 0 Å².